The maximum Gasteiger partial charge on any atom is 0.137 e. The van der Waals surface area contributed by atoms with Gasteiger partial charge in [0.25, 0.3) is 0 Å². The summed E-state index contributed by atoms with van der Waals surface area (Å²) in [6.45, 7) is 2.72. The third kappa shape index (κ3) is 3.94. The van der Waals surface area contributed by atoms with E-state index >= 15 is 0 Å². The molecule has 3 aromatic rings. The van der Waals surface area contributed by atoms with Crippen molar-refractivity contribution < 1.29 is 9.47 Å². The van der Waals surface area contributed by atoms with Gasteiger partial charge in [0.2, 0.25) is 0 Å². The molecule has 1 heterocycles. The first-order chi connectivity index (χ1) is 12.7. The molecule has 1 aliphatic heterocycles. The second-order valence-electron chi connectivity index (χ2n) is 6.75. The zero-order chi connectivity index (χ0) is 17.9. The van der Waals surface area contributed by atoms with Crippen molar-refractivity contribution in [1.82, 2.24) is 0 Å². The number of para-hydroxylation sites is 1. The quantitative estimate of drug-likeness (QED) is 0.536. The van der Waals surface area contributed by atoms with Crippen LogP contribution in [0.1, 0.15) is 22.3 Å². The highest BCUT2D eigenvalue weighted by Crippen LogP contribution is 2.28. The van der Waals surface area contributed by atoms with Gasteiger partial charge >= 0.3 is 0 Å². The van der Waals surface area contributed by atoms with Gasteiger partial charge in [0, 0.05) is 10.9 Å². The van der Waals surface area contributed by atoms with Crippen LogP contribution in [0.15, 0.2) is 71.2 Å². The number of halogens is 1. The van der Waals surface area contributed by atoms with E-state index in [1.54, 1.807) is 0 Å². The smallest absolute Gasteiger partial charge is 0.137 e. The van der Waals surface area contributed by atoms with Gasteiger partial charge in [-0.05, 0) is 65.9 Å². The summed E-state index contributed by atoms with van der Waals surface area (Å²) < 4.78 is 13.0. The molecule has 4 rings (SSSR count). The van der Waals surface area contributed by atoms with Crippen LogP contribution in [0.2, 0.25) is 0 Å². The van der Waals surface area contributed by atoms with Crippen LogP contribution >= 0.6 is 15.9 Å². The summed E-state index contributed by atoms with van der Waals surface area (Å²) in [5.74, 6) is 1.88. The van der Waals surface area contributed by atoms with Crippen molar-refractivity contribution in [3.05, 3.63) is 93.5 Å². The van der Waals surface area contributed by atoms with Crippen molar-refractivity contribution >= 4 is 15.9 Å². The molecule has 0 aliphatic carbocycles. The highest BCUT2D eigenvalue weighted by atomic mass is 79.9. The summed E-state index contributed by atoms with van der Waals surface area (Å²) in [4.78, 5) is 0. The second-order valence-corrected chi connectivity index (χ2v) is 7.67. The van der Waals surface area contributed by atoms with E-state index in [4.69, 9.17) is 9.47 Å². The van der Waals surface area contributed by atoms with Crippen LogP contribution in [-0.2, 0) is 12.8 Å². The summed E-state index contributed by atoms with van der Waals surface area (Å²) in [6, 6.07) is 23.0. The molecule has 1 atom stereocenters. The molecule has 0 bridgehead atoms. The highest BCUT2D eigenvalue weighted by molar-refractivity contribution is 9.10. The molecule has 0 saturated carbocycles. The molecule has 132 valence electrons. The van der Waals surface area contributed by atoms with E-state index in [-0.39, 0.29) is 6.10 Å². The fraction of sp³-hybridized carbons (Fsp3) is 0.217. The van der Waals surface area contributed by atoms with Crippen LogP contribution in [0.5, 0.6) is 11.5 Å². The van der Waals surface area contributed by atoms with Crippen LogP contribution in [-0.4, -0.2) is 12.7 Å². The van der Waals surface area contributed by atoms with Gasteiger partial charge in [-0.1, -0.05) is 52.3 Å². The Bertz CT molecular complexity index is 877. The van der Waals surface area contributed by atoms with E-state index in [1.165, 1.54) is 22.3 Å². The molecule has 26 heavy (non-hydrogen) atoms. The van der Waals surface area contributed by atoms with Crippen LogP contribution < -0.4 is 9.47 Å². The van der Waals surface area contributed by atoms with Crippen molar-refractivity contribution in [2.24, 2.45) is 0 Å². The fourth-order valence-corrected chi connectivity index (χ4v) is 3.70. The maximum absolute atomic E-state index is 5.94. The van der Waals surface area contributed by atoms with Crippen LogP contribution in [0.4, 0.5) is 0 Å². The predicted octanol–water partition coefficient (Wildman–Crippen LogP) is 5.73. The fourth-order valence-electron chi connectivity index (χ4n) is 3.29. The minimum absolute atomic E-state index is 0.0939. The number of aryl methyl sites for hydroxylation is 1. The van der Waals surface area contributed by atoms with Crippen molar-refractivity contribution in [2.75, 3.05) is 6.61 Å². The van der Waals surface area contributed by atoms with Crippen LogP contribution in [0.25, 0.3) is 0 Å². The molecule has 1 aliphatic rings. The van der Waals surface area contributed by atoms with E-state index in [0.29, 0.717) is 6.61 Å². The number of fused-ring (bicyclic) bond motifs is 1. The Kier molecular flexibility index (Phi) is 4.98. The van der Waals surface area contributed by atoms with Crippen LogP contribution in [0.3, 0.4) is 0 Å². The van der Waals surface area contributed by atoms with Gasteiger partial charge in [-0.25, -0.2) is 0 Å². The van der Waals surface area contributed by atoms with Crippen molar-refractivity contribution in [3.8, 4) is 11.5 Å². The largest absolute Gasteiger partial charge is 0.490 e. The van der Waals surface area contributed by atoms with Gasteiger partial charge < -0.3 is 9.47 Å². The average molecular weight is 409 g/mol. The van der Waals surface area contributed by atoms with E-state index in [1.807, 2.05) is 24.3 Å². The number of hydrogen-bond donors (Lipinski definition) is 0. The van der Waals surface area contributed by atoms with Gasteiger partial charge in [-0.3, -0.25) is 0 Å². The molecule has 1 unspecified atom stereocenters. The molecule has 2 nitrogen and oxygen atoms in total. The average Bonchev–Trinajstić information content (AvgIpc) is 3.07. The molecule has 3 heteroatoms. The first kappa shape index (κ1) is 17.2. The van der Waals surface area contributed by atoms with E-state index in [2.05, 4.69) is 65.3 Å². The van der Waals surface area contributed by atoms with Gasteiger partial charge in [0.1, 0.15) is 24.2 Å². The lowest BCUT2D eigenvalue weighted by molar-refractivity contribution is 0.148. The second kappa shape index (κ2) is 7.55. The summed E-state index contributed by atoms with van der Waals surface area (Å²) >= 11 is 3.55. The van der Waals surface area contributed by atoms with Crippen molar-refractivity contribution in [2.45, 2.75) is 25.9 Å². The lowest BCUT2D eigenvalue weighted by Crippen LogP contribution is -2.22. The minimum Gasteiger partial charge on any atom is -0.490 e. The Morgan fingerprint density at radius 2 is 1.85 bits per heavy atom. The Balaban J connectivity index is 1.34. The number of benzene rings is 3. The third-order valence-electron chi connectivity index (χ3n) is 4.78. The normalized spacial score (nSPS) is 15.4. The molecular weight excluding hydrogens is 388 g/mol. The van der Waals surface area contributed by atoms with E-state index < -0.39 is 0 Å². The molecule has 0 saturated heterocycles. The standard InChI is InChI=1S/C23H21BrO2/c1-16-6-9-20(24)13-19(16)12-17-7-10-21(11-8-17)25-15-22-14-18-4-2-3-5-23(18)26-22/h2-11,13,22H,12,14-15H2,1H3. The summed E-state index contributed by atoms with van der Waals surface area (Å²) in [7, 11) is 0. The Labute approximate surface area is 162 Å². The third-order valence-corrected chi connectivity index (χ3v) is 5.27. The monoisotopic (exact) mass is 408 g/mol. The topological polar surface area (TPSA) is 18.5 Å². The lowest BCUT2D eigenvalue weighted by atomic mass is 10.0. The molecule has 0 spiro atoms. The molecule has 0 amide bonds. The highest BCUT2D eigenvalue weighted by Gasteiger charge is 2.22. The van der Waals surface area contributed by atoms with Gasteiger partial charge in [-0.15, -0.1) is 0 Å². The maximum atomic E-state index is 5.94. The van der Waals surface area contributed by atoms with Gasteiger partial charge in [0.15, 0.2) is 0 Å². The first-order valence-electron chi connectivity index (χ1n) is 8.89. The van der Waals surface area contributed by atoms with Gasteiger partial charge in [-0.2, -0.15) is 0 Å². The van der Waals surface area contributed by atoms with E-state index in [0.717, 1.165) is 28.8 Å². The van der Waals surface area contributed by atoms with Gasteiger partial charge in [0.05, 0.1) is 0 Å². The van der Waals surface area contributed by atoms with Crippen molar-refractivity contribution in [1.29, 1.82) is 0 Å². The zero-order valence-electron chi connectivity index (χ0n) is 14.7. The molecule has 0 fully saturated rings. The molecule has 3 aromatic carbocycles. The molecular formula is C23H21BrO2. The SMILES string of the molecule is Cc1ccc(Br)cc1Cc1ccc(OCC2Cc3ccccc3O2)cc1. The lowest BCUT2D eigenvalue weighted by Gasteiger charge is -2.13. The molecule has 0 aromatic heterocycles. The minimum atomic E-state index is 0.0939. The van der Waals surface area contributed by atoms with E-state index in [9.17, 15) is 0 Å². The zero-order valence-corrected chi connectivity index (χ0v) is 16.3. The number of ether oxygens (including phenoxy) is 2. The Morgan fingerprint density at radius 3 is 2.65 bits per heavy atom. The molecule has 0 N–H and O–H groups in total. The Hall–Kier alpha value is -2.26. The van der Waals surface area contributed by atoms with Crippen molar-refractivity contribution in [3.63, 3.8) is 0 Å². The summed E-state index contributed by atoms with van der Waals surface area (Å²) in [6.07, 6.45) is 1.93. The molecule has 0 radical (unpaired) electrons. The summed E-state index contributed by atoms with van der Waals surface area (Å²) in [5.41, 5.74) is 5.19. The predicted molar refractivity (Wildman–Crippen MR) is 108 cm³/mol. The summed E-state index contributed by atoms with van der Waals surface area (Å²) in [5, 5.41) is 0. The first-order valence-corrected chi connectivity index (χ1v) is 9.68. The number of hydrogen-bond acceptors (Lipinski definition) is 2. The number of rotatable bonds is 5. The van der Waals surface area contributed by atoms with Crippen LogP contribution in [0, 0.1) is 6.92 Å². The Morgan fingerprint density at radius 1 is 1.04 bits per heavy atom.